The molecular weight excluding hydrogens is 172 g/mol. The lowest BCUT2D eigenvalue weighted by molar-refractivity contribution is 0.472. The normalized spacial score (nSPS) is 21.0. The Morgan fingerprint density at radius 1 is 1.36 bits per heavy atom. The Balaban J connectivity index is 2.57. The summed E-state index contributed by atoms with van der Waals surface area (Å²) in [5, 5.41) is 9.80. The van der Waals surface area contributed by atoms with Gasteiger partial charge in [0.2, 0.25) is 0 Å². The number of hydrogen-bond acceptors (Lipinski definition) is 1. The van der Waals surface area contributed by atoms with Gasteiger partial charge in [0.25, 0.3) is 0 Å². The van der Waals surface area contributed by atoms with E-state index < -0.39 is 0 Å². The van der Waals surface area contributed by atoms with E-state index in [-0.39, 0.29) is 0 Å². The minimum absolute atomic E-state index is 0.422. The molecule has 1 heteroatoms. The summed E-state index contributed by atoms with van der Waals surface area (Å²) >= 11 is 0. The molecule has 74 valence electrons. The highest BCUT2D eigenvalue weighted by Gasteiger charge is 2.15. The average molecular weight is 188 g/mol. The number of benzene rings is 1. The highest BCUT2D eigenvalue weighted by Crippen LogP contribution is 2.33. The molecule has 0 heterocycles. The van der Waals surface area contributed by atoms with Gasteiger partial charge in [-0.3, -0.25) is 0 Å². The fraction of sp³-hybridized carbons (Fsp3) is 0.385. The second-order valence-electron chi connectivity index (χ2n) is 4.24. The molecule has 0 bridgehead atoms. The molecule has 14 heavy (non-hydrogen) atoms. The van der Waals surface area contributed by atoms with Crippen LogP contribution < -0.4 is 0 Å². The first-order valence-electron chi connectivity index (χ1n) is 5.16. The molecule has 0 spiro atoms. The van der Waals surface area contributed by atoms with Gasteiger partial charge in [0.1, 0.15) is 5.75 Å². The van der Waals surface area contributed by atoms with Gasteiger partial charge in [0.15, 0.2) is 0 Å². The van der Waals surface area contributed by atoms with Crippen molar-refractivity contribution in [2.45, 2.75) is 26.7 Å². The maximum Gasteiger partial charge on any atom is 0.123 e. The number of phenolic OH excluding ortho intramolecular Hbond substituents is 1. The van der Waals surface area contributed by atoms with Crippen LogP contribution in [0.2, 0.25) is 0 Å². The fourth-order valence-electron chi connectivity index (χ4n) is 2.15. The van der Waals surface area contributed by atoms with Crippen LogP contribution in [0, 0.1) is 5.92 Å². The summed E-state index contributed by atoms with van der Waals surface area (Å²) < 4.78 is 0. The van der Waals surface area contributed by atoms with Crippen LogP contribution in [0.1, 0.15) is 31.4 Å². The Hall–Kier alpha value is -1.24. The molecule has 1 unspecified atom stereocenters. The zero-order valence-corrected chi connectivity index (χ0v) is 8.75. The molecule has 0 amide bonds. The van der Waals surface area contributed by atoms with Crippen LogP contribution in [0.15, 0.2) is 24.3 Å². The molecule has 1 N–H and O–H groups in total. The van der Waals surface area contributed by atoms with E-state index in [1.165, 1.54) is 11.1 Å². The highest BCUT2D eigenvalue weighted by molar-refractivity contribution is 5.72. The molecule has 1 aromatic rings. The van der Waals surface area contributed by atoms with E-state index in [1.807, 2.05) is 6.07 Å². The van der Waals surface area contributed by atoms with Gasteiger partial charge >= 0.3 is 0 Å². The van der Waals surface area contributed by atoms with Crippen molar-refractivity contribution in [3.63, 3.8) is 0 Å². The van der Waals surface area contributed by atoms with E-state index in [2.05, 4.69) is 26.0 Å². The van der Waals surface area contributed by atoms with Crippen LogP contribution in [-0.4, -0.2) is 5.11 Å². The zero-order valence-electron chi connectivity index (χ0n) is 8.75. The third-order valence-corrected chi connectivity index (χ3v) is 2.92. The number of hydrogen-bond donors (Lipinski definition) is 1. The summed E-state index contributed by atoms with van der Waals surface area (Å²) in [5.74, 6) is 1.10. The van der Waals surface area contributed by atoms with Crippen molar-refractivity contribution in [3.8, 4) is 5.75 Å². The Labute approximate surface area is 85.1 Å². The fourth-order valence-corrected chi connectivity index (χ4v) is 2.15. The summed E-state index contributed by atoms with van der Waals surface area (Å²) in [6, 6.07) is 5.82. The van der Waals surface area contributed by atoms with Crippen LogP contribution in [0.3, 0.4) is 0 Å². The highest BCUT2D eigenvalue weighted by atomic mass is 16.3. The zero-order chi connectivity index (χ0) is 10.1. The third kappa shape index (κ3) is 1.54. The van der Waals surface area contributed by atoms with Crippen LogP contribution in [0.4, 0.5) is 0 Å². The second kappa shape index (κ2) is 3.49. The average Bonchev–Trinajstić information content (AvgIpc) is 2.27. The molecule has 1 aliphatic carbocycles. The smallest absolute Gasteiger partial charge is 0.123 e. The number of rotatable bonds is 0. The Morgan fingerprint density at radius 2 is 2.14 bits per heavy atom. The van der Waals surface area contributed by atoms with Crippen molar-refractivity contribution < 1.29 is 5.11 Å². The Kier molecular flexibility index (Phi) is 2.32. The van der Waals surface area contributed by atoms with Crippen molar-refractivity contribution in [1.82, 2.24) is 0 Å². The standard InChI is InChI=1S/C13H16O/c1-9-6-7-10(2)13-11(8-9)4-3-5-12(13)14/h3-5,7,9,14H,6,8H2,1-2H3. The predicted octanol–water partition coefficient (Wildman–Crippen LogP) is 3.38. The van der Waals surface area contributed by atoms with E-state index in [9.17, 15) is 5.11 Å². The number of aromatic hydroxyl groups is 1. The van der Waals surface area contributed by atoms with Gasteiger partial charge in [-0.25, -0.2) is 0 Å². The van der Waals surface area contributed by atoms with Crippen LogP contribution in [-0.2, 0) is 6.42 Å². The van der Waals surface area contributed by atoms with Gasteiger partial charge in [0.05, 0.1) is 0 Å². The van der Waals surface area contributed by atoms with E-state index >= 15 is 0 Å². The van der Waals surface area contributed by atoms with Crippen LogP contribution >= 0.6 is 0 Å². The molecule has 0 radical (unpaired) electrons. The number of allylic oxidation sites excluding steroid dienone is 2. The molecule has 1 atom stereocenters. The molecule has 1 aromatic carbocycles. The van der Waals surface area contributed by atoms with Gasteiger partial charge in [-0.05, 0) is 42.9 Å². The lowest BCUT2D eigenvalue weighted by Crippen LogP contribution is -1.97. The third-order valence-electron chi connectivity index (χ3n) is 2.92. The van der Waals surface area contributed by atoms with Gasteiger partial charge in [-0.1, -0.05) is 25.1 Å². The van der Waals surface area contributed by atoms with Crippen molar-refractivity contribution in [3.05, 3.63) is 35.4 Å². The lowest BCUT2D eigenvalue weighted by Gasteiger charge is -2.10. The first kappa shape index (κ1) is 9.32. The summed E-state index contributed by atoms with van der Waals surface area (Å²) in [6.07, 6.45) is 4.41. The van der Waals surface area contributed by atoms with Gasteiger partial charge in [0, 0.05) is 5.56 Å². The largest absolute Gasteiger partial charge is 0.507 e. The summed E-state index contributed by atoms with van der Waals surface area (Å²) in [5.41, 5.74) is 3.54. The number of phenols is 1. The van der Waals surface area contributed by atoms with E-state index in [1.54, 1.807) is 6.07 Å². The minimum atomic E-state index is 0.422. The SMILES string of the molecule is CC1=CCC(C)Cc2cccc(O)c21. The van der Waals surface area contributed by atoms with Crippen LogP contribution in [0.25, 0.3) is 5.57 Å². The van der Waals surface area contributed by atoms with E-state index in [0.29, 0.717) is 11.7 Å². The van der Waals surface area contributed by atoms with Crippen molar-refractivity contribution in [1.29, 1.82) is 0 Å². The lowest BCUT2D eigenvalue weighted by atomic mass is 9.96. The summed E-state index contributed by atoms with van der Waals surface area (Å²) in [4.78, 5) is 0. The van der Waals surface area contributed by atoms with Gasteiger partial charge in [-0.2, -0.15) is 0 Å². The van der Waals surface area contributed by atoms with E-state index in [4.69, 9.17) is 0 Å². The molecule has 0 saturated carbocycles. The quantitative estimate of drug-likeness (QED) is 0.661. The van der Waals surface area contributed by atoms with Crippen LogP contribution in [0.5, 0.6) is 5.75 Å². The molecule has 1 aliphatic rings. The second-order valence-corrected chi connectivity index (χ2v) is 4.24. The first-order chi connectivity index (χ1) is 6.68. The van der Waals surface area contributed by atoms with Gasteiger partial charge in [-0.15, -0.1) is 0 Å². The predicted molar refractivity (Wildman–Crippen MR) is 59.2 cm³/mol. The minimum Gasteiger partial charge on any atom is -0.507 e. The number of fused-ring (bicyclic) bond motifs is 1. The molecule has 0 saturated heterocycles. The Bertz CT molecular complexity index is 377. The molecule has 0 aliphatic heterocycles. The summed E-state index contributed by atoms with van der Waals surface area (Å²) in [6.45, 7) is 4.33. The van der Waals surface area contributed by atoms with Crippen molar-refractivity contribution in [2.24, 2.45) is 5.92 Å². The van der Waals surface area contributed by atoms with Crippen molar-refractivity contribution in [2.75, 3.05) is 0 Å². The van der Waals surface area contributed by atoms with Crippen molar-refractivity contribution >= 4 is 5.57 Å². The molecular formula is C13H16O. The molecule has 0 fully saturated rings. The summed E-state index contributed by atoms with van der Waals surface area (Å²) in [7, 11) is 0. The molecule has 1 nitrogen and oxygen atoms in total. The maximum absolute atomic E-state index is 9.80. The maximum atomic E-state index is 9.80. The monoisotopic (exact) mass is 188 g/mol. The topological polar surface area (TPSA) is 20.2 Å². The van der Waals surface area contributed by atoms with E-state index in [0.717, 1.165) is 18.4 Å². The van der Waals surface area contributed by atoms with Gasteiger partial charge < -0.3 is 5.11 Å². The molecule has 0 aromatic heterocycles. The Morgan fingerprint density at radius 3 is 2.93 bits per heavy atom. The molecule has 2 rings (SSSR count). The first-order valence-corrected chi connectivity index (χ1v) is 5.16.